The highest BCUT2D eigenvalue weighted by molar-refractivity contribution is 6.19. The molecule has 0 saturated heterocycles. The molecule has 40 heavy (non-hydrogen) atoms. The Hall–Kier alpha value is -5.06. The standard InChI is InChI=1S/C30H28BFN8/c1-3-26(19-7-5-4-6-8-19)36-29-21(16-34)17-35-28-20(15-33)13-24(14-25(28)29)37-30(31,27-18-40(2)39-38-27)22-9-11-23(32)12-10-22/h4-14,17-18,26,37-39H,3,31H2,1-2H3,(H,35,36)/t26-,30?/m1/s1. The molecule has 2 heterocycles. The fraction of sp³-hybridized carbons (Fsp3) is 0.167. The second-order valence-corrected chi connectivity index (χ2v) is 9.85. The van der Waals surface area contributed by atoms with Gasteiger partial charge in [0.15, 0.2) is 0 Å². The van der Waals surface area contributed by atoms with Crippen LogP contribution in [0.2, 0.25) is 0 Å². The summed E-state index contributed by atoms with van der Waals surface area (Å²) in [5.74, 6) is -0.332. The van der Waals surface area contributed by atoms with Crippen molar-refractivity contribution >= 4 is 30.1 Å². The Bertz CT molecular complexity index is 1660. The summed E-state index contributed by atoms with van der Waals surface area (Å²) in [6.07, 6.45) is 4.19. The number of anilines is 2. The van der Waals surface area contributed by atoms with Gasteiger partial charge in [-0.25, -0.2) is 4.39 Å². The lowest BCUT2D eigenvalue weighted by molar-refractivity contribution is 0.325. The first kappa shape index (κ1) is 26.5. The second-order valence-electron chi connectivity index (χ2n) is 9.85. The van der Waals surface area contributed by atoms with Crippen molar-refractivity contribution in [2.75, 3.05) is 17.7 Å². The van der Waals surface area contributed by atoms with Crippen molar-refractivity contribution in [1.82, 2.24) is 21.0 Å². The van der Waals surface area contributed by atoms with Crippen molar-refractivity contribution in [2.24, 2.45) is 0 Å². The Morgan fingerprint density at radius 1 is 1.07 bits per heavy atom. The van der Waals surface area contributed by atoms with E-state index in [0.717, 1.165) is 23.2 Å². The third kappa shape index (κ3) is 5.01. The molecule has 0 fully saturated rings. The lowest BCUT2D eigenvalue weighted by atomic mass is 9.69. The first-order valence-electron chi connectivity index (χ1n) is 13.0. The summed E-state index contributed by atoms with van der Waals surface area (Å²) in [6.45, 7) is 2.08. The quantitative estimate of drug-likeness (QED) is 0.249. The van der Waals surface area contributed by atoms with Gasteiger partial charge in [-0.3, -0.25) is 9.99 Å². The van der Waals surface area contributed by atoms with E-state index in [0.29, 0.717) is 33.4 Å². The molecular weight excluding hydrogens is 502 g/mol. The minimum Gasteiger partial charge on any atom is -0.378 e. The molecule has 1 unspecified atom stereocenters. The molecule has 2 atom stereocenters. The van der Waals surface area contributed by atoms with Crippen LogP contribution >= 0.6 is 0 Å². The molecule has 1 aliphatic rings. The van der Waals surface area contributed by atoms with Gasteiger partial charge >= 0.3 is 0 Å². The summed E-state index contributed by atoms with van der Waals surface area (Å²) in [4.78, 5) is 4.49. The van der Waals surface area contributed by atoms with E-state index in [4.69, 9.17) is 0 Å². The molecule has 3 aromatic carbocycles. The summed E-state index contributed by atoms with van der Waals surface area (Å²) >= 11 is 0. The molecule has 4 aromatic rings. The van der Waals surface area contributed by atoms with Crippen molar-refractivity contribution in [3.05, 3.63) is 113 Å². The van der Waals surface area contributed by atoms with Gasteiger partial charge in [-0.2, -0.15) is 10.5 Å². The normalized spacial score (nSPS) is 14.8. The molecule has 1 aromatic heterocycles. The molecule has 10 heteroatoms. The summed E-state index contributed by atoms with van der Waals surface area (Å²) in [6, 6.07) is 24.4. The minimum atomic E-state index is -0.838. The van der Waals surface area contributed by atoms with Gasteiger partial charge < -0.3 is 16.1 Å². The van der Waals surface area contributed by atoms with E-state index in [1.807, 2.05) is 57.5 Å². The number of benzene rings is 3. The average molecular weight is 530 g/mol. The number of pyridine rings is 1. The number of hydrazine groups is 2. The van der Waals surface area contributed by atoms with Gasteiger partial charge in [0.25, 0.3) is 0 Å². The SMILES string of the molecule is BC(Nc1cc(C#N)c2ncc(C#N)c(N[C@H](CC)c3ccccc3)c2c1)(C1=CN(C)NN1)c1ccc(F)cc1. The lowest BCUT2D eigenvalue weighted by Crippen LogP contribution is -2.45. The summed E-state index contributed by atoms with van der Waals surface area (Å²) < 4.78 is 13.8. The maximum absolute atomic E-state index is 13.8. The number of hydrogen-bond donors (Lipinski definition) is 4. The van der Waals surface area contributed by atoms with E-state index in [2.05, 4.69) is 45.6 Å². The lowest BCUT2D eigenvalue weighted by Gasteiger charge is -2.34. The van der Waals surface area contributed by atoms with Gasteiger partial charge in [-0.05, 0) is 41.8 Å². The van der Waals surface area contributed by atoms with Gasteiger partial charge in [-0.15, -0.1) is 5.53 Å². The molecule has 5 rings (SSSR count). The van der Waals surface area contributed by atoms with Crippen molar-refractivity contribution in [3.63, 3.8) is 0 Å². The number of nitrogens with one attached hydrogen (secondary N) is 4. The largest absolute Gasteiger partial charge is 0.378 e. The third-order valence-electron chi connectivity index (χ3n) is 7.19. The van der Waals surface area contributed by atoms with E-state index < -0.39 is 5.44 Å². The molecule has 0 bridgehead atoms. The Balaban J connectivity index is 1.66. The van der Waals surface area contributed by atoms with E-state index in [9.17, 15) is 14.9 Å². The topological polar surface area (TPSA) is 112 Å². The smallest absolute Gasteiger partial charge is 0.148 e. The Kier molecular flexibility index (Phi) is 7.28. The second kappa shape index (κ2) is 11.0. The fourth-order valence-electron chi connectivity index (χ4n) is 5.01. The predicted molar refractivity (Wildman–Crippen MR) is 157 cm³/mol. The highest BCUT2D eigenvalue weighted by Gasteiger charge is 2.34. The van der Waals surface area contributed by atoms with Crippen LogP contribution in [0.3, 0.4) is 0 Å². The van der Waals surface area contributed by atoms with Crippen LogP contribution in [0.4, 0.5) is 15.8 Å². The van der Waals surface area contributed by atoms with Crippen LogP contribution in [0.1, 0.15) is 41.6 Å². The Labute approximate surface area is 233 Å². The monoisotopic (exact) mass is 530 g/mol. The number of nitrogens with zero attached hydrogens (tertiary/aromatic N) is 4. The van der Waals surface area contributed by atoms with Crippen LogP contribution in [0.5, 0.6) is 0 Å². The number of nitriles is 2. The number of aromatic nitrogens is 1. The van der Waals surface area contributed by atoms with Gasteiger partial charge in [0.05, 0.1) is 39.5 Å². The summed E-state index contributed by atoms with van der Waals surface area (Å²) in [5.41, 5.74) is 10.6. The van der Waals surface area contributed by atoms with Crippen LogP contribution in [-0.2, 0) is 5.44 Å². The zero-order chi connectivity index (χ0) is 28.3. The van der Waals surface area contributed by atoms with Crippen molar-refractivity contribution < 1.29 is 4.39 Å². The molecule has 4 N–H and O–H groups in total. The van der Waals surface area contributed by atoms with Crippen molar-refractivity contribution in [2.45, 2.75) is 24.8 Å². The Morgan fingerprint density at radius 2 is 1.80 bits per heavy atom. The summed E-state index contributed by atoms with van der Waals surface area (Å²) in [7, 11) is 3.83. The highest BCUT2D eigenvalue weighted by Crippen LogP contribution is 2.37. The van der Waals surface area contributed by atoms with Crippen LogP contribution < -0.4 is 21.6 Å². The minimum absolute atomic E-state index is 0.0556. The van der Waals surface area contributed by atoms with E-state index in [-0.39, 0.29) is 11.9 Å². The van der Waals surface area contributed by atoms with E-state index >= 15 is 0 Å². The van der Waals surface area contributed by atoms with Gasteiger partial charge in [0.1, 0.15) is 25.8 Å². The summed E-state index contributed by atoms with van der Waals surface area (Å²) in [5, 5.41) is 29.6. The van der Waals surface area contributed by atoms with Crippen LogP contribution in [0.25, 0.3) is 10.9 Å². The predicted octanol–water partition coefficient (Wildman–Crippen LogP) is 4.37. The van der Waals surface area contributed by atoms with E-state index in [1.54, 1.807) is 23.2 Å². The van der Waals surface area contributed by atoms with Crippen molar-refractivity contribution in [1.29, 1.82) is 10.5 Å². The van der Waals surface area contributed by atoms with Gasteiger partial charge in [0.2, 0.25) is 0 Å². The number of fused-ring (bicyclic) bond motifs is 1. The van der Waals surface area contributed by atoms with Crippen LogP contribution in [0.15, 0.2) is 84.8 Å². The number of hydrogen-bond acceptors (Lipinski definition) is 8. The molecule has 8 nitrogen and oxygen atoms in total. The zero-order valence-electron chi connectivity index (χ0n) is 22.5. The van der Waals surface area contributed by atoms with Gasteiger partial charge in [-0.1, -0.05) is 49.4 Å². The molecule has 198 valence electrons. The van der Waals surface area contributed by atoms with E-state index in [1.165, 1.54) is 18.3 Å². The Morgan fingerprint density at radius 3 is 2.42 bits per heavy atom. The molecule has 0 aliphatic carbocycles. The van der Waals surface area contributed by atoms with Crippen molar-refractivity contribution in [3.8, 4) is 12.1 Å². The first-order valence-corrected chi connectivity index (χ1v) is 13.0. The highest BCUT2D eigenvalue weighted by atomic mass is 19.1. The molecule has 0 radical (unpaired) electrons. The fourth-order valence-corrected chi connectivity index (χ4v) is 5.01. The zero-order valence-corrected chi connectivity index (χ0v) is 22.5. The molecule has 0 spiro atoms. The van der Waals surface area contributed by atoms with Crippen LogP contribution in [0, 0.1) is 28.5 Å². The molecule has 0 amide bonds. The first-order chi connectivity index (χ1) is 19.4. The number of halogens is 1. The average Bonchev–Trinajstić information content (AvgIpc) is 3.43. The number of rotatable bonds is 8. The van der Waals surface area contributed by atoms with Gasteiger partial charge in [0, 0.05) is 30.5 Å². The molecule has 1 aliphatic heterocycles. The maximum Gasteiger partial charge on any atom is 0.148 e. The molecule has 0 saturated carbocycles. The maximum atomic E-state index is 13.8. The third-order valence-corrected chi connectivity index (χ3v) is 7.19. The van der Waals surface area contributed by atoms with Crippen LogP contribution in [-0.4, -0.2) is 24.9 Å². The molecular formula is C30H28BFN8.